The first-order valence-corrected chi connectivity index (χ1v) is 13.4. The Bertz CT molecular complexity index is 2450. The predicted octanol–water partition coefficient (Wildman–Crippen LogP) is 9.45. The van der Waals surface area contributed by atoms with E-state index in [2.05, 4.69) is 114 Å². The van der Waals surface area contributed by atoms with Gasteiger partial charge >= 0.3 is 0 Å². The number of fused-ring (bicyclic) bond motifs is 9. The van der Waals surface area contributed by atoms with Gasteiger partial charge in [-0.1, -0.05) is 91.0 Å². The molecule has 9 rings (SSSR count). The molecule has 0 aliphatic rings. The van der Waals surface area contributed by atoms with Crippen LogP contribution < -0.4 is 0 Å². The minimum Gasteiger partial charge on any atom is -0.455 e. The van der Waals surface area contributed by atoms with Crippen LogP contribution in [0.5, 0.6) is 0 Å². The fraction of sp³-hybridized carbons (Fsp3) is 0. The van der Waals surface area contributed by atoms with Crippen molar-refractivity contribution in [3.05, 3.63) is 127 Å². The Labute approximate surface area is 228 Å². The summed E-state index contributed by atoms with van der Waals surface area (Å²) in [7, 11) is 0. The number of benzene rings is 6. The minimum absolute atomic E-state index is 0.642. The molecule has 0 spiro atoms. The fourth-order valence-electron chi connectivity index (χ4n) is 6.17. The molecule has 0 radical (unpaired) electrons. The topological polar surface area (TPSA) is 43.9 Å². The summed E-state index contributed by atoms with van der Waals surface area (Å²) in [5.74, 6) is 0.642. The highest BCUT2D eigenvalue weighted by Crippen LogP contribution is 2.40. The fourth-order valence-corrected chi connectivity index (χ4v) is 6.17. The second kappa shape index (κ2) is 8.01. The van der Waals surface area contributed by atoms with Crippen molar-refractivity contribution in [2.75, 3.05) is 0 Å². The van der Waals surface area contributed by atoms with Crippen LogP contribution in [0.25, 0.3) is 82.6 Å². The van der Waals surface area contributed by atoms with Crippen molar-refractivity contribution in [2.24, 2.45) is 0 Å². The monoisotopic (exact) mass is 511 g/mol. The maximum atomic E-state index is 6.47. The molecule has 6 aromatic carbocycles. The standard InChI is InChI=1S/C36H21N3O/c1-2-10-23-21-24(18-17-22(23)9-1)34-27-12-3-6-14-29(27)37-36(38-34)39-30-15-7-4-13-28(30)33-31(39)20-19-26-25-11-5-8-16-32(25)40-35(26)33/h1-21H. The Morgan fingerprint density at radius 2 is 1.27 bits per heavy atom. The highest BCUT2D eigenvalue weighted by atomic mass is 16.3. The van der Waals surface area contributed by atoms with E-state index in [4.69, 9.17) is 14.4 Å². The summed E-state index contributed by atoms with van der Waals surface area (Å²) >= 11 is 0. The predicted molar refractivity (Wildman–Crippen MR) is 164 cm³/mol. The Hall–Kier alpha value is -5.48. The van der Waals surface area contributed by atoms with Crippen molar-refractivity contribution >= 4 is 65.4 Å². The van der Waals surface area contributed by atoms with Gasteiger partial charge in [0.05, 0.1) is 27.6 Å². The van der Waals surface area contributed by atoms with Crippen LogP contribution in [0.1, 0.15) is 0 Å². The van der Waals surface area contributed by atoms with E-state index in [-0.39, 0.29) is 0 Å². The quantitative estimate of drug-likeness (QED) is 0.232. The van der Waals surface area contributed by atoms with Crippen LogP contribution in [-0.4, -0.2) is 14.5 Å². The summed E-state index contributed by atoms with van der Waals surface area (Å²) in [6.07, 6.45) is 0. The molecule has 0 fully saturated rings. The number of rotatable bonds is 2. The molecule has 0 unspecified atom stereocenters. The summed E-state index contributed by atoms with van der Waals surface area (Å²) in [5.41, 5.74) is 6.75. The molecule has 3 aromatic heterocycles. The first kappa shape index (κ1) is 21.5. The summed E-state index contributed by atoms with van der Waals surface area (Å²) in [4.78, 5) is 10.4. The van der Waals surface area contributed by atoms with Crippen molar-refractivity contribution in [1.82, 2.24) is 14.5 Å². The molecule has 186 valence electrons. The molecule has 9 aromatic rings. The van der Waals surface area contributed by atoms with Gasteiger partial charge in [-0.2, -0.15) is 0 Å². The third-order valence-electron chi connectivity index (χ3n) is 7.99. The molecule has 0 saturated heterocycles. The van der Waals surface area contributed by atoms with E-state index in [1.165, 1.54) is 10.8 Å². The summed E-state index contributed by atoms with van der Waals surface area (Å²) in [5, 5.41) is 7.86. The van der Waals surface area contributed by atoms with Gasteiger partial charge in [0.1, 0.15) is 11.2 Å². The molecular weight excluding hydrogens is 490 g/mol. The summed E-state index contributed by atoms with van der Waals surface area (Å²) in [6.45, 7) is 0. The molecule has 40 heavy (non-hydrogen) atoms. The van der Waals surface area contributed by atoms with Crippen molar-refractivity contribution < 1.29 is 4.42 Å². The van der Waals surface area contributed by atoms with E-state index in [0.717, 1.165) is 65.9 Å². The van der Waals surface area contributed by atoms with Gasteiger partial charge in [0.25, 0.3) is 0 Å². The molecule has 0 aliphatic carbocycles. The molecular formula is C36H21N3O. The van der Waals surface area contributed by atoms with E-state index in [1.807, 2.05) is 18.2 Å². The van der Waals surface area contributed by atoms with Crippen LogP contribution in [0.3, 0.4) is 0 Å². The van der Waals surface area contributed by atoms with Crippen LogP contribution >= 0.6 is 0 Å². The number of aromatic nitrogens is 3. The lowest BCUT2D eigenvalue weighted by molar-refractivity contribution is 0.673. The second-order valence-corrected chi connectivity index (χ2v) is 10.2. The Kier molecular flexibility index (Phi) is 4.30. The maximum absolute atomic E-state index is 6.47. The van der Waals surface area contributed by atoms with Crippen molar-refractivity contribution in [3.8, 4) is 17.2 Å². The van der Waals surface area contributed by atoms with Crippen LogP contribution in [0, 0.1) is 0 Å². The number of hydrogen-bond acceptors (Lipinski definition) is 3. The average Bonchev–Trinajstić information content (AvgIpc) is 3.56. The van der Waals surface area contributed by atoms with Gasteiger partial charge in [-0.25, -0.2) is 9.97 Å². The van der Waals surface area contributed by atoms with Crippen molar-refractivity contribution in [3.63, 3.8) is 0 Å². The molecule has 0 amide bonds. The number of hydrogen-bond donors (Lipinski definition) is 0. The van der Waals surface area contributed by atoms with Gasteiger partial charge in [-0.3, -0.25) is 4.57 Å². The van der Waals surface area contributed by atoms with Crippen molar-refractivity contribution in [2.45, 2.75) is 0 Å². The Morgan fingerprint density at radius 1 is 0.525 bits per heavy atom. The second-order valence-electron chi connectivity index (χ2n) is 10.2. The number of furan rings is 1. The lowest BCUT2D eigenvalue weighted by Gasteiger charge is -2.12. The molecule has 0 saturated carbocycles. The average molecular weight is 512 g/mol. The first-order valence-electron chi connectivity index (χ1n) is 13.4. The molecule has 0 atom stereocenters. The van der Waals surface area contributed by atoms with Crippen molar-refractivity contribution in [1.29, 1.82) is 0 Å². The van der Waals surface area contributed by atoms with Gasteiger partial charge in [0.2, 0.25) is 5.95 Å². The zero-order valence-corrected chi connectivity index (χ0v) is 21.4. The highest BCUT2D eigenvalue weighted by molar-refractivity contribution is 6.23. The van der Waals surface area contributed by atoms with Crippen LogP contribution in [0.15, 0.2) is 132 Å². The third-order valence-corrected chi connectivity index (χ3v) is 7.99. The molecule has 0 aliphatic heterocycles. The van der Waals surface area contributed by atoms with Crippen LogP contribution in [0.4, 0.5) is 0 Å². The molecule has 3 heterocycles. The lowest BCUT2D eigenvalue weighted by atomic mass is 10.0. The maximum Gasteiger partial charge on any atom is 0.235 e. The third kappa shape index (κ3) is 2.96. The van der Waals surface area contributed by atoms with Crippen LogP contribution in [-0.2, 0) is 0 Å². The smallest absolute Gasteiger partial charge is 0.235 e. The lowest BCUT2D eigenvalue weighted by Crippen LogP contribution is -2.03. The molecule has 0 bridgehead atoms. The minimum atomic E-state index is 0.642. The highest BCUT2D eigenvalue weighted by Gasteiger charge is 2.21. The SMILES string of the molecule is c1ccc2cc(-c3nc(-n4c5ccccc5c5c6oc7ccccc7c6ccc54)nc4ccccc34)ccc2c1. The van der Waals surface area contributed by atoms with Gasteiger partial charge in [0, 0.05) is 27.1 Å². The zero-order chi connectivity index (χ0) is 26.2. The van der Waals surface area contributed by atoms with E-state index < -0.39 is 0 Å². The number of nitrogens with zero attached hydrogens (tertiary/aromatic N) is 3. The Balaban J connectivity index is 1.39. The van der Waals surface area contributed by atoms with E-state index in [1.54, 1.807) is 0 Å². The largest absolute Gasteiger partial charge is 0.455 e. The Morgan fingerprint density at radius 3 is 2.20 bits per heavy atom. The molecule has 4 nitrogen and oxygen atoms in total. The summed E-state index contributed by atoms with van der Waals surface area (Å²) < 4.78 is 8.65. The van der Waals surface area contributed by atoms with E-state index in [9.17, 15) is 0 Å². The van der Waals surface area contributed by atoms with Gasteiger partial charge in [-0.15, -0.1) is 0 Å². The van der Waals surface area contributed by atoms with E-state index >= 15 is 0 Å². The first-order chi connectivity index (χ1) is 19.8. The number of para-hydroxylation sites is 3. The summed E-state index contributed by atoms with van der Waals surface area (Å²) in [6, 6.07) is 44.2. The van der Waals surface area contributed by atoms with Gasteiger partial charge in [-0.05, 0) is 47.2 Å². The zero-order valence-electron chi connectivity index (χ0n) is 21.4. The molecule has 0 N–H and O–H groups in total. The van der Waals surface area contributed by atoms with E-state index in [0.29, 0.717) is 5.95 Å². The normalized spacial score (nSPS) is 12.0. The van der Waals surface area contributed by atoms with Gasteiger partial charge in [0.15, 0.2) is 0 Å². The van der Waals surface area contributed by atoms with Crippen LogP contribution in [0.2, 0.25) is 0 Å². The molecule has 4 heteroatoms. The van der Waals surface area contributed by atoms with Gasteiger partial charge < -0.3 is 4.42 Å².